The molecule has 180 valence electrons. The van der Waals surface area contributed by atoms with E-state index in [2.05, 4.69) is 11.4 Å². The average Bonchev–Trinajstić information content (AvgIpc) is 3.22. The quantitative estimate of drug-likeness (QED) is 0.338. The van der Waals surface area contributed by atoms with Gasteiger partial charge in [0.05, 0.1) is 0 Å². The van der Waals surface area contributed by atoms with Gasteiger partial charge in [-0.1, -0.05) is 78.9 Å². The number of hydrogen-bond donors (Lipinski definition) is 1. The number of amides is 2. The van der Waals surface area contributed by atoms with Gasteiger partial charge in [-0.25, -0.2) is 0 Å². The van der Waals surface area contributed by atoms with Crippen molar-refractivity contribution in [2.75, 3.05) is 11.9 Å². The minimum absolute atomic E-state index is 0.150. The molecule has 0 aliphatic rings. The van der Waals surface area contributed by atoms with Gasteiger partial charge in [0.15, 0.2) is 0 Å². The third kappa shape index (κ3) is 4.86. The summed E-state index contributed by atoms with van der Waals surface area (Å²) in [7, 11) is 1.76. The number of carbonyl (C=O) groups is 2. The number of nitrogens with zero attached hydrogens (tertiary/aromatic N) is 2. The first kappa shape index (κ1) is 23.4. The van der Waals surface area contributed by atoms with Crippen LogP contribution in [0, 0.1) is 6.92 Å². The highest BCUT2D eigenvalue weighted by Crippen LogP contribution is 2.23. The first-order valence-electron chi connectivity index (χ1n) is 12.1. The maximum absolute atomic E-state index is 13.7. The molecule has 2 amide bonds. The van der Waals surface area contributed by atoms with E-state index in [0.29, 0.717) is 6.42 Å². The van der Waals surface area contributed by atoms with Crippen LogP contribution >= 0.6 is 0 Å². The van der Waals surface area contributed by atoms with Crippen LogP contribution in [0.15, 0.2) is 103 Å². The number of aromatic nitrogens is 1. The fourth-order valence-corrected chi connectivity index (χ4v) is 4.74. The molecule has 0 bridgehead atoms. The highest BCUT2D eigenvalue weighted by atomic mass is 16.2. The van der Waals surface area contributed by atoms with Gasteiger partial charge >= 0.3 is 0 Å². The van der Waals surface area contributed by atoms with Gasteiger partial charge in [0.2, 0.25) is 11.8 Å². The lowest BCUT2D eigenvalue weighted by molar-refractivity contribution is -0.127. The Morgan fingerprint density at radius 1 is 0.806 bits per heavy atom. The van der Waals surface area contributed by atoms with E-state index in [1.165, 1.54) is 0 Å². The van der Waals surface area contributed by atoms with Crippen LogP contribution in [0.2, 0.25) is 0 Å². The summed E-state index contributed by atoms with van der Waals surface area (Å²) in [6, 6.07) is 33.2. The lowest BCUT2D eigenvalue weighted by atomic mass is 10.0. The Hall–Kier alpha value is -4.38. The summed E-state index contributed by atoms with van der Waals surface area (Å²) < 4.78 is 1.99. The van der Waals surface area contributed by atoms with E-state index in [0.717, 1.165) is 38.6 Å². The van der Waals surface area contributed by atoms with Gasteiger partial charge in [-0.15, -0.1) is 0 Å². The summed E-state index contributed by atoms with van der Waals surface area (Å²) >= 11 is 0. The van der Waals surface area contributed by atoms with Gasteiger partial charge in [-0.3, -0.25) is 9.59 Å². The van der Waals surface area contributed by atoms with E-state index in [9.17, 15) is 9.59 Å². The van der Waals surface area contributed by atoms with Crippen molar-refractivity contribution in [3.63, 3.8) is 0 Å². The molecule has 1 atom stereocenters. The van der Waals surface area contributed by atoms with E-state index in [1.54, 1.807) is 11.9 Å². The molecule has 5 rings (SSSR count). The summed E-state index contributed by atoms with van der Waals surface area (Å²) in [5.41, 5.74) is 3.79. The van der Waals surface area contributed by atoms with Crippen LogP contribution in [0.1, 0.15) is 11.3 Å². The third-order valence-corrected chi connectivity index (χ3v) is 6.69. The first-order chi connectivity index (χ1) is 17.5. The molecule has 5 heteroatoms. The van der Waals surface area contributed by atoms with E-state index >= 15 is 0 Å². The number of hydrogen-bond acceptors (Lipinski definition) is 2. The van der Waals surface area contributed by atoms with E-state index in [4.69, 9.17) is 0 Å². The number of anilines is 1. The molecule has 1 aromatic heterocycles. The Kier molecular flexibility index (Phi) is 6.54. The number of carbonyl (C=O) groups excluding carboxylic acids is 2. The second-order valence-electron chi connectivity index (χ2n) is 9.17. The van der Waals surface area contributed by atoms with Crippen LogP contribution in [0.25, 0.3) is 21.7 Å². The zero-order valence-corrected chi connectivity index (χ0v) is 20.5. The molecule has 0 aliphatic heterocycles. The zero-order valence-electron chi connectivity index (χ0n) is 20.5. The van der Waals surface area contributed by atoms with Gasteiger partial charge in [0.25, 0.3) is 0 Å². The lowest BCUT2D eigenvalue weighted by Crippen LogP contribution is -2.49. The van der Waals surface area contributed by atoms with E-state index in [-0.39, 0.29) is 18.4 Å². The molecule has 0 saturated heterocycles. The van der Waals surface area contributed by atoms with Crippen molar-refractivity contribution in [3.8, 4) is 0 Å². The number of nitrogens with one attached hydrogen (secondary N) is 1. The molecule has 5 aromatic rings. The molecule has 36 heavy (non-hydrogen) atoms. The number of fused-ring (bicyclic) bond motifs is 2. The molecule has 4 aromatic carbocycles. The van der Waals surface area contributed by atoms with Crippen LogP contribution in [-0.2, 0) is 22.6 Å². The Bertz CT molecular complexity index is 1540. The second-order valence-corrected chi connectivity index (χ2v) is 9.17. The molecule has 0 aliphatic carbocycles. The van der Waals surface area contributed by atoms with Crippen LogP contribution in [0.5, 0.6) is 0 Å². The van der Waals surface area contributed by atoms with Gasteiger partial charge in [0, 0.05) is 30.4 Å². The van der Waals surface area contributed by atoms with Crippen LogP contribution in [0.3, 0.4) is 0 Å². The maximum atomic E-state index is 13.7. The number of rotatable bonds is 7. The fourth-order valence-electron chi connectivity index (χ4n) is 4.74. The molecular formula is C31H29N3O2. The monoisotopic (exact) mass is 475 g/mol. The van der Waals surface area contributed by atoms with Crippen molar-refractivity contribution < 1.29 is 9.59 Å². The standard InChI is InChI=1S/C31H29N3O2/c1-22-18-26-14-8-9-15-29(26)34(22)21-30(35)32-28(19-23-10-4-3-5-11-23)31(36)33(2)27-17-16-24-12-6-7-13-25(24)20-27/h3-18,20,28H,19,21H2,1-2H3,(H,32,35)/t28-/m0/s1. The van der Waals surface area contributed by atoms with Gasteiger partial charge in [0.1, 0.15) is 12.6 Å². The fraction of sp³-hybridized carbons (Fsp3) is 0.161. The smallest absolute Gasteiger partial charge is 0.249 e. The number of aryl methyl sites for hydroxylation is 1. The number of benzene rings is 4. The van der Waals surface area contributed by atoms with Gasteiger partial charge in [-0.2, -0.15) is 0 Å². The molecule has 0 fully saturated rings. The van der Waals surface area contributed by atoms with E-state index < -0.39 is 6.04 Å². The summed E-state index contributed by atoms with van der Waals surface area (Å²) in [5, 5.41) is 6.31. The third-order valence-electron chi connectivity index (χ3n) is 6.69. The van der Waals surface area contributed by atoms with E-state index in [1.807, 2.05) is 109 Å². The molecular weight excluding hydrogens is 446 g/mol. The Morgan fingerprint density at radius 3 is 2.25 bits per heavy atom. The Morgan fingerprint density at radius 2 is 1.47 bits per heavy atom. The van der Waals surface area contributed by atoms with Crippen molar-refractivity contribution in [1.82, 2.24) is 9.88 Å². The molecule has 1 heterocycles. The Labute approximate surface area is 211 Å². The minimum atomic E-state index is -0.696. The van der Waals surface area contributed by atoms with Gasteiger partial charge in [-0.05, 0) is 52.9 Å². The van der Waals surface area contributed by atoms with Crippen LogP contribution in [-0.4, -0.2) is 29.5 Å². The topological polar surface area (TPSA) is 54.3 Å². The predicted molar refractivity (Wildman–Crippen MR) is 146 cm³/mol. The number of para-hydroxylation sites is 1. The molecule has 1 N–H and O–H groups in total. The van der Waals surface area contributed by atoms with Crippen molar-refractivity contribution >= 4 is 39.2 Å². The van der Waals surface area contributed by atoms with Crippen molar-refractivity contribution in [3.05, 3.63) is 114 Å². The zero-order chi connectivity index (χ0) is 25.1. The summed E-state index contributed by atoms with van der Waals surface area (Å²) in [6.07, 6.45) is 0.411. The first-order valence-corrected chi connectivity index (χ1v) is 12.1. The highest BCUT2D eigenvalue weighted by molar-refractivity contribution is 6.00. The average molecular weight is 476 g/mol. The highest BCUT2D eigenvalue weighted by Gasteiger charge is 2.26. The normalized spacial score (nSPS) is 11.9. The van der Waals surface area contributed by atoms with Crippen molar-refractivity contribution in [2.24, 2.45) is 0 Å². The molecule has 5 nitrogen and oxygen atoms in total. The summed E-state index contributed by atoms with van der Waals surface area (Å²) in [6.45, 7) is 2.14. The van der Waals surface area contributed by atoms with Gasteiger partial charge < -0.3 is 14.8 Å². The SMILES string of the molecule is Cc1cc2ccccc2n1CC(=O)N[C@@H](Cc1ccccc1)C(=O)N(C)c1ccc2ccccc2c1. The van der Waals surface area contributed by atoms with Crippen LogP contribution in [0.4, 0.5) is 5.69 Å². The molecule has 0 unspecified atom stereocenters. The molecule has 0 spiro atoms. The molecule has 0 saturated carbocycles. The van der Waals surface area contributed by atoms with Crippen molar-refractivity contribution in [2.45, 2.75) is 25.9 Å². The second kappa shape index (κ2) is 10.1. The molecule has 0 radical (unpaired) electrons. The minimum Gasteiger partial charge on any atom is -0.342 e. The maximum Gasteiger partial charge on any atom is 0.249 e. The lowest BCUT2D eigenvalue weighted by Gasteiger charge is -2.25. The Balaban J connectivity index is 1.40. The number of likely N-dealkylation sites (N-methyl/N-ethyl adjacent to an activating group) is 1. The van der Waals surface area contributed by atoms with Crippen molar-refractivity contribution in [1.29, 1.82) is 0 Å². The predicted octanol–water partition coefficient (Wildman–Crippen LogP) is 5.49. The largest absolute Gasteiger partial charge is 0.342 e. The summed E-state index contributed by atoms with van der Waals surface area (Å²) in [4.78, 5) is 28.6. The summed E-state index contributed by atoms with van der Waals surface area (Å²) in [5.74, 6) is -0.350. The van der Waals surface area contributed by atoms with Crippen LogP contribution < -0.4 is 10.2 Å².